The van der Waals surface area contributed by atoms with E-state index in [0.717, 1.165) is 0 Å². The maximum atomic E-state index is 11.3. The largest absolute Gasteiger partial charge is 0.392 e. The minimum Gasteiger partial charge on any atom is -0.392 e. The third-order valence-electron chi connectivity index (χ3n) is 1.70. The Kier molecular flexibility index (Phi) is 6.49. The van der Waals surface area contributed by atoms with Gasteiger partial charge in [0, 0.05) is 13.1 Å². The van der Waals surface area contributed by atoms with Crippen LogP contribution in [0.25, 0.3) is 0 Å². The number of carbonyl (C=O) groups excluding carboxylic acids is 1. The van der Waals surface area contributed by atoms with Crippen LogP contribution in [0.2, 0.25) is 0 Å². The molecular formula is C10H22N2O2. The van der Waals surface area contributed by atoms with Crippen LogP contribution in [0.5, 0.6) is 0 Å². The first-order valence-corrected chi connectivity index (χ1v) is 5.05. The lowest BCUT2D eigenvalue weighted by Gasteiger charge is -2.18. The van der Waals surface area contributed by atoms with Gasteiger partial charge in [-0.25, -0.2) is 0 Å². The number of aliphatic hydroxyl groups is 1. The van der Waals surface area contributed by atoms with Gasteiger partial charge in [0.1, 0.15) is 0 Å². The number of hydrogen-bond acceptors (Lipinski definition) is 3. The molecule has 0 aliphatic heterocycles. The summed E-state index contributed by atoms with van der Waals surface area (Å²) in [4.78, 5) is 13.1. The fourth-order valence-electron chi connectivity index (χ4n) is 1.13. The van der Waals surface area contributed by atoms with Crippen molar-refractivity contribution in [1.82, 2.24) is 10.2 Å². The second kappa shape index (κ2) is 6.79. The minimum atomic E-state index is -0.391. The van der Waals surface area contributed by atoms with E-state index in [-0.39, 0.29) is 5.91 Å². The number of hydrogen-bond donors (Lipinski definition) is 2. The number of nitrogens with one attached hydrogen (secondary N) is 1. The Morgan fingerprint density at radius 1 is 1.43 bits per heavy atom. The molecule has 1 unspecified atom stereocenters. The van der Waals surface area contributed by atoms with Crippen molar-refractivity contribution >= 4 is 5.91 Å². The zero-order valence-electron chi connectivity index (χ0n) is 9.58. The fraction of sp³-hybridized carbons (Fsp3) is 0.900. The normalized spacial score (nSPS) is 13.4. The van der Waals surface area contributed by atoms with Crippen LogP contribution in [0.1, 0.15) is 20.8 Å². The summed E-state index contributed by atoms with van der Waals surface area (Å²) < 4.78 is 0. The molecule has 0 aromatic rings. The summed E-state index contributed by atoms with van der Waals surface area (Å²) in [6.45, 7) is 7.40. The lowest BCUT2D eigenvalue weighted by molar-refractivity contribution is -0.122. The van der Waals surface area contributed by atoms with Gasteiger partial charge in [-0.05, 0) is 19.9 Å². The molecule has 0 rings (SSSR count). The molecule has 0 aromatic carbocycles. The van der Waals surface area contributed by atoms with Gasteiger partial charge >= 0.3 is 0 Å². The minimum absolute atomic E-state index is 0.0156. The second-order valence-corrected chi connectivity index (χ2v) is 4.24. The van der Waals surface area contributed by atoms with Gasteiger partial charge in [-0.1, -0.05) is 13.8 Å². The molecule has 0 spiro atoms. The molecule has 4 heteroatoms. The van der Waals surface area contributed by atoms with Crippen LogP contribution in [0.4, 0.5) is 0 Å². The molecule has 0 heterocycles. The van der Waals surface area contributed by atoms with E-state index < -0.39 is 6.10 Å². The average molecular weight is 202 g/mol. The first-order valence-electron chi connectivity index (χ1n) is 5.05. The van der Waals surface area contributed by atoms with E-state index in [1.807, 2.05) is 7.05 Å². The van der Waals surface area contributed by atoms with Crippen LogP contribution < -0.4 is 5.32 Å². The fourth-order valence-corrected chi connectivity index (χ4v) is 1.13. The number of rotatable bonds is 6. The van der Waals surface area contributed by atoms with Gasteiger partial charge in [0.05, 0.1) is 12.6 Å². The molecule has 0 saturated carbocycles. The first-order chi connectivity index (χ1) is 6.41. The predicted molar refractivity (Wildman–Crippen MR) is 57.0 cm³/mol. The van der Waals surface area contributed by atoms with Crippen molar-refractivity contribution in [3.05, 3.63) is 0 Å². The lowest BCUT2D eigenvalue weighted by Crippen LogP contribution is -2.39. The summed E-state index contributed by atoms with van der Waals surface area (Å²) >= 11 is 0. The topological polar surface area (TPSA) is 52.6 Å². The Morgan fingerprint density at radius 3 is 2.43 bits per heavy atom. The molecule has 0 aliphatic rings. The number of carbonyl (C=O) groups is 1. The smallest absolute Gasteiger partial charge is 0.234 e. The highest BCUT2D eigenvalue weighted by atomic mass is 16.3. The molecule has 2 N–H and O–H groups in total. The molecule has 14 heavy (non-hydrogen) atoms. The third-order valence-corrected chi connectivity index (χ3v) is 1.70. The Bertz CT molecular complexity index is 170. The summed E-state index contributed by atoms with van der Waals surface area (Å²) in [6, 6.07) is 0. The molecule has 0 fully saturated rings. The molecule has 1 atom stereocenters. The number of aliphatic hydroxyl groups excluding tert-OH is 1. The van der Waals surface area contributed by atoms with Crippen LogP contribution in [0.15, 0.2) is 0 Å². The van der Waals surface area contributed by atoms with Crippen LogP contribution in [-0.4, -0.2) is 48.7 Å². The highest BCUT2D eigenvalue weighted by Gasteiger charge is 2.08. The van der Waals surface area contributed by atoms with Crippen molar-refractivity contribution < 1.29 is 9.90 Å². The first kappa shape index (κ1) is 13.4. The van der Waals surface area contributed by atoms with Crippen molar-refractivity contribution in [3.63, 3.8) is 0 Å². The van der Waals surface area contributed by atoms with E-state index in [9.17, 15) is 4.79 Å². The second-order valence-electron chi connectivity index (χ2n) is 4.24. The Morgan fingerprint density at radius 2 is 2.00 bits per heavy atom. The quantitative estimate of drug-likeness (QED) is 0.641. The van der Waals surface area contributed by atoms with Crippen LogP contribution in [-0.2, 0) is 4.79 Å². The van der Waals surface area contributed by atoms with E-state index in [4.69, 9.17) is 5.11 Å². The molecule has 0 saturated heterocycles. The number of likely N-dealkylation sites (N-methyl/N-ethyl adjacent to an activating group) is 1. The Balaban J connectivity index is 3.60. The summed E-state index contributed by atoms with van der Waals surface area (Å²) in [5.41, 5.74) is 0. The van der Waals surface area contributed by atoms with E-state index >= 15 is 0 Å². The van der Waals surface area contributed by atoms with E-state index in [0.29, 0.717) is 25.6 Å². The SMILES string of the molecule is CC(C)CNC(=O)CN(C)CC(C)O. The van der Waals surface area contributed by atoms with Crippen molar-refractivity contribution in [2.24, 2.45) is 5.92 Å². The Labute approximate surface area is 86.3 Å². The van der Waals surface area contributed by atoms with E-state index in [1.54, 1.807) is 11.8 Å². The molecule has 84 valence electrons. The molecule has 4 nitrogen and oxygen atoms in total. The van der Waals surface area contributed by atoms with Crippen LogP contribution in [0.3, 0.4) is 0 Å². The third kappa shape index (κ3) is 8.01. The van der Waals surface area contributed by atoms with Crippen molar-refractivity contribution in [3.8, 4) is 0 Å². The molecule has 0 aromatic heterocycles. The maximum Gasteiger partial charge on any atom is 0.234 e. The van der Waals surface area contributed by atoms with Crippen molar-refractivity contribution in [2.45, 2.75) is 26.9 Å². The summed E-state index contributed by atoms with van der Waals surface area (Å²) in [7, 11) is 1.82. The molecule has 0 bridgehead atoms. The average Bonchev–Trinajstić information content (AvgIpc) is 1.98. The standard InChI is InChI=1S/C10H22N2O2/c1-8(2)5-11-10(14)7-12(4)6-9(3)13/h8-9,13H,5-7H2,1-4H3,(H,11,14). The van der Waals surface area contributed by atoms with Crippen molar-refractivity contribution in [1.29, 1.82) is 0 Å². The lowest BCUT2D eigenvalue weighted by atomic mass is 10.2. The molecule has 1 amide bonds. The van der Waals surface area contributed by atoms with Gasteiger partial charge in [-0.15, -0.1) is 0 Å². The summed E-state index contributed by atoms with van der Waals surface area (Å²) in [5.74, 6) is 0.489. The molecular weight excluding hydrogens is 180 g/mol. The summed E-state index contributed by atoms with van der Waals surface area (Å²) in [6.07, 6.45) is -0.391. The Hall–Kier alpha value is -0.610. The van der Waals surface area contributed by atoms with Gasteiger partial charge in [-0.2, -0.15) is 0 Å². The highest BCUT2D eigenvalue weighted by Crippen LogP contribution is 1.89. The maximum absolute atomic E-state index is 11.3. The van der Waals surface area contributed by atoms with Gasteiger partial charge in [0.2, 0.25) is 5.91 Å². The monoisotopic (exact) mass is 202 g/mol. The predicted octanol–water partition coefficient (Wildman–Crippen LogP) is 0.0712. The zero-order chi connectivity index (χ0) is 11.1. The van der Waals surface area contributed by atoms with Crippen molar-refractivity contribution in [2.75, 3.05) is 26.7 Å². The molecule has 0 aliphatic carbocycles. The van der Waals surface area contributed by atoms with Gasteiger partial charge < -0.3 is 10.4 Å². The van der Waals surface area contributed by atoms with Gasteiger partial charge in [-0.3, -0.25) is 9.69 Å². The molecule has 0 radical (unpaired) electrons. The van der Waals surface area contributed by atoms with Gasteiger partial charge in [0.25, 0.3) is 0 Å². The van der Waals surface area contributed by atoms with Crippen LogP contribution >= 0.6 is 0 Å². The van der Waals surface area contributed by atoms with Gasteiger partial charge in [0.15, 0.2) is 0 Å². The number of nitrogens with zero attached hydrogens (tertiary/aromatic N) is 1. The highest BCUT2D eigenvalue weighted by molar-refractivity contribution is 5.77. The van der Waals surface area contributed by atoms with E-state index in [1.165, 1.54) is 0 Å². The van der Waals surface area contributed by atoms with Crippen LogP contribution in [0, 0.1) is 5.92 Å². The summed E-state index contributed by atoms with van der Waals surface area (Å²) in [5, 5.41) is 11.9. The zero-order valence-corrected chi connectivity index (χ0v) is 9.58. The number of amides is 1. The van der Waals surface area contributed by atoms with E-state index in [2.05, 4.69) is 19.2 Å².